The van der Waals surface area contributed by atoms with Gasteiger partial charge in [-0.25, -0.2) is 0 Å². The third kappa shape index (κ3) is 3.48. The Morgan fingerprint density at radius 1 is 1.16 bits per heavy atom. The number of hydrogen-bond donors (Lipinski definition) is 2. The molecular formula is C13H9Br2ClN2S. The SMILES string of the molecule is NC(=S)c1c(Cl)cccc1Nc1ccc(Br)cc1Br. The van der Waals surface area contributed by atoms with Gasteiger partial charge in [0, 0.05) is 8.95 Å². The Hall–Kier alpha value is -0.620. The van der Waals surface area contributed by atoms with E-state index in [1.165, 1.54) is 0 Å². The highest BCUT2D eigenvalue weighted by atomic mass is 79.9. The van der Waals surface area contributed by atoms with E-state index in [0.717, 1.165) is 20.3 Å². The number of nitrogens with one attached hydrogen (secondary N) is 1. The molecule has 0 heterocycles. The second kappa shape index (κ2) is 6.22. The largest absolute Gasteiger partial charge is 0.389 e. The maximum atomic E-state index is 6.13. The smallest absolute Gasteiger partial charge is 0.107 e. The Morgan fingerprint density at radius 3 is 2.53 bits per heavy atom. The molecule has 0 radical (unpaired) electrons. The van der Waals surface area contributed by atoms with Crippen molar-refractivity contribution in [2.24, 2.45) is 5.73 Å². The molecule has 2 aromatic rings. The fourth-order valence-electron chi connectivity index (χ4n) is 1.61. The fourth-order valence-corrected chi connectivity index (χ4v) is 3.31. The van der Waals surface area contributed by atoms with Crippen molar-refractivity contribution in [3.8, 4) is 0 Å². The van der Waals surface area contributed by atoms with Gasteiger partial charge in [0.2, 0.25) is 0 Å². The summed E-state index contributed by atoms with van der Waals surface area (Å²) in [6.07, 6.45) is 0. The topological polar surface area (TPSA) is 38.0 Å². The molecule has 0 aliphatic carbocycles. The Labute approximate surface area is 138 Å². The number of thiocarbonyl (C=S) groups is 1. The molecule has 98 valence electrons. The monoisotopic (exact) mass is 418 g/mol. The van der Waals surface area contributed by atoms with Crippen LogP contribution in [0, 0.1) is 0 Å². The predicted molar refractivity (Wildman–Crippen MR) is 92.5 cm³/mol. The lowest BCUT2D eigenvalue weighted by molar-refractivity contribution is 1.49. The lowest BCUT2D eigenvalue weighted by Crippen LogP contribution is -2.12. The molecule has 3 N–H and O–H groups in total. The standard InChI is InChI=1S/C13H9Br2ClN2S/c14-7-4-5-10(8(15)6-7)18-11-3-1-2-9(16)12(11)13(17)19/h1-6,18H,(H2,17,19). The minimum atomic E-state index is 0.265. The quantitative estimate of drug-likeness (QED) is 0.667. The van der Waals surface area contributed by atoms with Gasteiger partial charge < -0.3 is 11.1 Å². The van der Waals surface area contributed by atoms with Crippen LogP contribution in [-0.2, 0) is 0 Å². The molecule has 6 heteroatoms. The van der Waals surface area contributed by atoms with Gasteiger partial charge in [0.1, 0.15) is 4.99 Å². The molecule has 0 aromatic heterocycles. The minimum Gasteiger partial charge on any atom is -0.389 e. The molecule has 0 saturated carbocycles. The van der Waals surface area contributed by atoms with Crippen LogP contribution in [0.4, 0.5) is 11.4 Å². The van der Waals surface area contributed by atoms with Crippen LogP contribution in [-0.4, -0.2) is 4.99 Å². The van der Waals surface area contributed by atoms with Crippen molar-refractivity contribution in [3.05, 3.63) is 55.9 Å². The van der Waals surface area contributed by atoms with Gasteiger partial charge >= 0.3 is 0 Å². The van der Waals surface area contributed by atoms with E-state index in [9.17, 15) is 0 Å². The summed E-state index contributed by atoms with van der Waals surface area (Å²) in [7, 11) is 0. The zero-order valence-corrected chi connectivity index (χ0v) is 14.3. The molecule has 0 unspecified atom stereocenters. The van der Waals surface area contributed by atoms with E-state index in [0.29, 0.717) is 10.6 Å². The van der Waals surface area contributed by atoms with Crippen LogP contribution in [0.3, 0.4) is 0 Å². The van der Waals surface area contributed by atoms with Crippen LogP contribution in [0.5, 0.6) is 0 Å². The van der Waals surface area contributed by atoms with E-state index in [1.54, 1.807) is 6.07 Å². The van der Waals surface area contributed by atoms with Gasteiger partial charge in [0.05, 0.1) is 22.0 Å². The molecule has 0 aliphatic heterocycles. The van der Waals surface area contributed by atoms with E-state index in [-0.39, 0.29) is 4.99 Å². The average Bonchev–Trinajstić information content (AvgIpc) is 2.32. The third-order valence-corrected chi connectivity index (χ3v) is 4.13. The first-order valence-electron chi connectivity index (χ1n) is 5.29. The molecule has 0 saturated heterocycles. The van der Waals surface area contributed by atoms with Crippen LogP contribution in [0.25, 0.3) is 0 Å². The van der Waals surface area contributed by atoms with Crippen molar-refractivity contribution in [1.29, 1.82) is 0 Å². The molecule has 19 heavy (non-hydrogen) atoms. The Kier molecular flexibility index (Phi) is 4.84. The summed E-state index contributed by atoms with van der Waals surface area (Å²) in [5.74, 6) is 0. The number of benzene rings is 2. The summed E-state index contributed by atoms with van der Waals surface area (Å²) in [6.45, 7) is 0. The van der Waals surface area contributed by atoms with E-state index in [1.807, 2.05) is 30.3 Å². The van der Waals surface area contributed by atoms with Crippen molar-refractivity contribution in [1.82, 2.24) is 0 Å². The van der Waals surface area contributed by atoms with Crippen molar-refractivity contribution < 1.29 is 0 Å². The number of nitrogens with two attached hydrogens (primary N) is 1. The molecular weight excluding hydrogens is 411 g/mol. The van der Waals surface area contributed by atoms with E-state index < -0.39 is 0 Å². The molecule has 0 amide bonds. The molecule has 2 rings (SSSR count). The van der Waals surface area contributed by atoms with Gasteiger partial charge in [-0.1, -0.05) is 45.8 Å². The summed E-state index contributed by atoms with van der Waals surface area (Å²) >= 11 is 18.1. The fraction of sp³-hybridized carbons (Fsp3) is 0. The Balaban J connectivity index is 2.44. The number of rotatable bonds is 3. The molecule has 0 aliphatic rings. The van der Waals surface area contributed by atoms with Crippen LogP contribution in [0.1, 0.15) is 5.56 Å². The van der Waals surface area contributed by atoms with Gasteiger partial charge in [-0.3, -0.25) is 0 Å². The lowest BCUT2D eigenvalue weighted by atomic mass is 10.1. The number of hydrogen-bond acceptors (Lipinski definition) is 2. The van der Waals surface area contributed by atoms with E-state index in [2.05, 4.69) is 37.2 Å². The average molecular weight is 421 g/mol. The van der Waals surface area contributed by atoms with Crippen molar-refractivity contribution >= 4 is 72.0 Å². The maximum absolute atomic E-state index is 6.13. The first kappa shape index (κ1) is 14.8. The highest BCUT2D eigenvalue weighted by molar-refractivity contribution is 9.11. The Bertz CT molecular complexity index is 647. The van der Waals surface area contributed by atoms with Crippen LogP contribution < -0.4 is 11.1 Å². The van der Waals surface area contributed by atoms with Crippen LogP contribution >= 0.6 is 55.7 Å². The Morgan fingerprint density at radius 2 is 1.89 bits per heavy atom. The highest BCUT2D eigenvalue weighted by Gasteiger charge is 2.11. The summed E-state index contributed by atoms with van der Waals surface area (Å²) < 4.78 is 1.92. The number of anilines is 2. The molecule has 0 fully saturated rings. The lowest BCUT2D eigenvalue weighted by Gasteiger charge is -2.14. The van der Waals surface area contributed by atoms with Gasteiger partial charge in [-0.15, -0.1) is 0 Å². The van der Waals surface area contributed by atoms with Crippen molar-refractivity contribution in [3.63, 3.8) is 0 Å². The van der Waals surface area contributed by atoms with Crippen LogP contribution in [0.2, 0.25) is 5.02 Å². The third-order valence-electron chi connectivity index (χ3n) is 2.46. The predicted octanol–water partition coefficient (Wildman–Crippen LogP) is 5.24. The highest BCUT2D eigenvalue weighted by Crippen LogP contribution is 2.32. The van der Waals surface area contributed by atoms with Crippen LogP contribution in [0.15, 0.2) is 45.3 Å². The van der Waals surface area contributed by atoms with Gasteiger partial charge in [-0.2, -0.15) is 0 Å². The molecule has 0 bridgehead atoms. The van der Waals surface area contributed by atoms with Crippen molar-refractivity contribution in [2.75, 3.05) is 5.32 Å². The number of halogens is 3. The van der Waals surface area contributed by atoms with Gasteiger partial charge in [0.25, 0.3) is 0 Å². The first-order chi connectivity index (χ1) is 8.99. The molecule has 2 aromatic carbocycles. The minimum absolute atomic E-state index is 0.265. The van der Waals surface area contributed by atoms with Gasteiger partial charge in [0.15, 0.2) is 0 Å². The summed E-state index contributed by atoms with van der Waals surface area (Å²) in [5.41, 5.74) is 8.05. The molecule has 0 atom stereocenters. The van der Waals surface area contributed by atoms with Gasteiger partial charge in [-0.05, 0) is 46.3 Å². The zero-order chi connectivity index (χ0) is 14.0. The first-order valence-corrected chi connectivity index (χ1v) is 7.66. The normalized spacial score (nSPS) is 10.3. The zero-order valence-electron chi connectivity index (χ0n) is 9.58. The summed E-state index contributed by atoms with van der Waals surface area (Å²) in [6, 6.07) is 11.3. The second-order valence-corrected chi connectivity index (χ2v) is 6.39. The molecule has 0 spiro atoms. The summed E-state index contributed by atoms with van der Waals surface area (Å²) in [5, 5.41) is 3.80. The second-order valence-electron chi connectivity index (χ2n) is 3.78. The maximum Gasteiger partial charge on any atom is 0.107 e. The van der Waals surface area contributed by atoms with E-state index >= 15 is 0 Å². The summed E-state index contributed by atoms with van der Waals surface area (Å²) in [4.78, 5) is 0.265. The molecule has 2 nitrogen and oxygen atoms in total. The van der Waals surface area contributed by atoms with Crippen molar-refractivity contribution in [2.45, 2.75) is 0 Å². The van der Waals surface area contributed by atoms with E-state index in [4.69, 9.17) is 29.6 Å².